The molecule has 0 saturated carbocycles. The number of allylic oxidation sites excluding steroid dienone is 1. The summed E-state index contributed by atoms with van der Waals surface area (Å²) in [5.41, 5.74) is 0. The number of ketones is 1. The molecule has 0 amide bonds. The lowest BCUT2D eigenvalue weighted by Gasteiger charge is -2.09. The molecule has 0 spiro atoms. The van der Waals surface area contributed by atoms with Gasteiger partial charge in [-0.05, 0) is 39.0 Å². The SMILES string of the molecule is C=CCCCCCC(=O)C1CCC(C)O1. The van der Waals surface area contributed by atoms with Crippen molar-refractivity contribution < 1.29 is 9.53 Å². The van der Waals surface area contributed by atoms with E-state index in [1.807, 2.05) is 13.0 Å². The van der Waals surface area contributed by atoms with Crippen molar-refractivity contribution in [2.45, 2.75) is 64.1 Å². The number of rotatable bonds is 7. The summed E-state index contributed by atoms with van der Waals surface area (Å²) in [6, 6.07) is 0. The van der Waals surface area contributed by atoms with E-state index < -0.39 is 0 Å². The van der Waals surface area contributed by atoms with Crippen LogP contribution in [0.1, 0.15) is 51.9 Å². The zero-order valence-electron chi connectivity index (χ0n) is 9.71. The summed E-state index contributed by atoms with van der Waals surface area (Å²) < 4.78 is 5.54. The third kappa shape index (κ3) is 4.61. The highest BCUT2D eigenvalue weighted by Crippen LogP contribution is 2.21. The Bertz CT molecular complexity index is 211. The van der Waals surface area contributed by atoms with Crippen molar-refractivity contribution in [3.05, 3.63) is 12.7 Å². The highest BCUT2D eigenvalue weighted by atomic mass is 16.5. The van der Waals surface area contributed by atoms with E-state index in [0.717, 1.165) is 38.5 Å². The molecule has 2 heteroatoms. The number of ether oxygens (including phenoxy) is 1. The molecule has 0 N–H and O–H groups in total. The molecule has 2 nitrogen and oxygen atoms in total. The third-order valence-electron chi connectivity index (χ3n) is 2.92. The van der Waals surface area contributed by atoms with Gasteiger partial charge >= 0.3 is 0 Å². The number of carbonyl (C=O) groups excluding carboxylic acids is 1. The number of carbonyl (C=O) groups is 1. The zero-order valence-corrected chi connectivity index (χ0v) is 9.71. The van der Waals surface area contributed by atoms with Crippen LogP contribution in [0, 0.1) is 0 Å². The van der Waals surface area contributed by atoms with Gasteiger partial charge in [0.15, 0.2) is 5.78 Å². The third-order valence-corrected chi connectivity index (χ3v) is 2.92. The van der Waals surface area contributed by atoms with E-state index in [1.54, 1.807) is 0 Å². The first-order chi connectivity index (χ1) is 7.24. The minimum absolute atomic E-state index is 0.0978. The first-order valence-corrected chi connectivity index (χ1v) is 6.03. The van der Waals surface area contributed by atoms with Crippen molar-refractivity contribution in [2.24, 2.45) is 0 Å². The predicted molar refractivity (Wildman–Crippen MR) is 61.9 cm³/mol. The fourth-order valence-electron chi connectivity index (χ4n) is 1.97. The Kier molecular flexibility index (Phi) is 5.62. The van der Waals surface area contributed by atoms with Gasteiger partial charge in [-0.1, -0.05) is 12.5 Å². The molecule has 2 atom stereocenters. The van der Waals surface area contributed by atoms with E-state index in [9.17, 15) is 4.79 Å². The maximum atomic E-state index is 11.7. The van der Waals surface area contributed by atoms with Crippen molar-refractivity contribution in [1.29, 1.82) is 0 Å². The Morgan fingerprint density at radius 1 is 1.40 bits per heavy atom. The highest BCUT2D eigenvalue weighted by molar-refractivity contribution is 5.83. The van der Waals surface area contributed by atoms with Gasteiger partial charge < -0.3 is 4.74 Å². The second-order valence-corrected chi connectivity index (χ2v) is 4.37. The highest BCUT2D eigenvalue weighted by Gasteiger charge is 2.27. The molecular weight excluding hydrogens is 188 g/mol. The molecule has 0 aliphatic carbocycles. The fourth-order valence-corrected chi connectivity index (χ4v) is 1.97. The Hall–Kier alpha value is -0.630. The molecule has 0 bridgehead atoms. The van der Waals surface area contributed by atoms with Crippen molar-refractivity contribution >= 4 is 5.78 Å². The lowest BCUT2D eigenvalue weighted by molar-refractivity contribution is -0.129. The zero-order chi connectivity index (χ0) is 11.1. The fraction of sp³-hybridized carbons (Fsp3) is 0.769. The molecular formula is C13H22O2. The van der Waals surface area contributed by atoms with Crippen molar-refractivity contribution in [1.82, 2.24) is 0 Å². The van der Waals surface area contributed by atoms with Crippen LogP contribution in [0.5, 0.6) is 0 Å². The summed E-state index contributed by atoms with van der Waals surface area (Å²) in [7, 11) is 0. The normalized spacial score (nSPS) is 25.4. The molecule has 0 radical (unpaired) electrons. The van der Waals surface area contributed by atoms with Crippen LogP contribution in [0.4, 0.5) is 0 Å². The van der Waals surface area contributed by atoms with Crippen molar-refractivity contribution in [3.8, 4) is 0 Å². The largest absolute Gasteiger partial charge is 0.368 e. The van der Waals surface area contributed by atoms with E-state index in [-0.39, 0.29) is 12.2 Å². The molecule has 86 valence electrons. The average molecular weight is 210 g/mol. The molecule has 0 aromatic heterocycles. The number of unbranched alkanes of at least 4 members (excludes halogenated alkanes) is 3. The Morgan fingerprint density at radius 3 is 2.80 bits per heavy atom. The van der Waals surface area contributed by atoms with Crippen LogP contribution < -0.4 is 0 Å². The summed E-state index contributed by atoms with van der Waals surface area (Å²) in [5, 5.41) is 0. The van der Waals surface area contributed by atoms with E-state index in [0.29, 0.717) is 12.2 Å². The summed E-state index contributed by atoms with van der Waals surface area (Å²) in [6.07, 6.45) is 9.10. The second kappa shape index (κ2) is 6.78. The van der Waals surface area contributed by atoms with Crippen LogP contribution in [0.25, 0.3) is 0 Å². The maximum absolute atomic E-state index is 11.7. The molecule has 0 aromatic rings. The molecule has 1 aliphatic heterocycles. The lowest BCUT2D eigenvalue weighted by atomic mass is 10.0. The molecule has 2 unspecified atom stereocenters. The quantitative estimate of drug-likeness (QED) is 0.476. The first kappa shape index (κ1) is 12.4. The summed E-state index contributed by atoms with van der Waals surface area (Å²) in [5.74, 6) is 0.304. The lowest BCUT2D eigenvalue weighted by Crippen LogP contribution is -2.20. The van der Waals surface area contributed by atoms with E-state index in [4.69, 9.17) is 4.74 Å². The topological polar surface area (TPSA) is 26.3 Å². The van der Waals surface area contributed by atoms with Gasteiger partial charge in [0.1, 0.15) is 6.10 Å². The van der Waals surface area contributed by atoms with Gasteiger partial charge in [0.05, 0.1) is 6.10 Å². The van der Waals surface area contributed by atoms with E-state index in [2.05, 4.69) is 6.58 Å². The monoisotopic (exact) mass is 210 g/mol. The predicted octanol–water partition coefficient (Wildman–Crippen LogP) is 3.26. The molecule has 15 heavy (non-hydrogen) atoms. The summed E-state index contributed by atoms with van der Waals surface area (Å²) in [6.45, 7) is 5.72. The number of Topliss-reactive ketones (excluding diaryl/α,β-unsaturated/α-hetero) is 1. The van der Waals surface area contributed by atoms with Crippen LogP contribution in [0.2, 0.25) is 0 Å². The van der Waals surface area contributed by atoms with Crippen molar-refractivity contribution in [2.75, 3.05) is 0 Å². The molecule has 1 aliphatic rings. The van der Waals surface area contributed by atoms with Gasteiger partial charge in [0, 0.05) is 6.42 Å². The Labute approximate surface area is 92.7 Å². The van der Waals surface area contributed by atoms with Gasteiger partial charge in [0.2, 0.25) is 0 Å². The van der Waals surface area contributed by atoms with Gasteiger partial charge in [0.25, 0.3) is 0 Å². The molecule has 1 fully saturated rings. The summed E-state index contributed by atoms with van der Waals surface area (Å²) >= 11 is 0. The molecule has 1 heterocycles. The van der Waals surface area contributed by atoms with Gasteiger partial charge in [-0.15, -0.1) is 6.58 Å². The van der Waals surface area contributed by atoms with Crippen LogP contribution in [-0.4, -0.2) is 18.0 Å². The van der Waals surface area contributed by atoms with Crippen LogP contribution in [0.3, 0.4) is 0 Å². The van der Waals surface area contributed by atoms with E-state index >= 15 is 0 Å². The van der Waals surface area contributed by atoms with Gasteiger partial charge in [-0.3, -0.25) is 4.79 Å². The van der Waals surface area contributed by atoms with Crippen LogP contribution >= 0.6 is 0 Å². The van der Waals surface area contributed by atoms with Crippen LogP contribution in [-0.2, 0) is 9.53 Å². The number of hydrogen-bond donors (Lipinski definition) is 0. The molecule has 1 rings (SSSR count). The van der Waals surface area contributed by atoms with Crippen LogP contribution in [0.15, 0.2) is 12.7 Å². The average Bonchev–Trinajstić information content (AvgIpc) is 2.64. The number of hydrogen-bond acceptors (Lipinski definition) is 2. The Balaban J connectivity index is 2.05. The first-order valence-electron chi connectivity index (χ1n) is 6.03. The molecule has 1 saturated heterocycles. The van der Waals surface area contributed by atoms with Crippen molar-refractivity contribution in [3.63, 3.8) is 0 Å². The smallest absolute Gasteiger partial charge is 0.161 e. The minimum Gasteiger partial charge on any atom is -0.368 e. The van der Waals surface area contributed by atoms with Gasteiger partial charge in [-0.25, -0.2) is 0 Å². The minimum atomic E-state index is -0.0978. The van der Waals surface area contributed by atoms with Gasteiger partial charge in [-0.2, -0.15) is 0 Å². The molecule has 0 aromatic carbocycles. The Morgan fingerprint density at radius 2 is 2.20 bits per heavy atom. The summed E-state index contributed by atoms with van der Waals surface area (Å²) in [4.78, 5) is 11.7. The standard InChI is InChI=1S/C13H22O2/c1-3-4-5-6-7-8-12(14)13-10-9-11(2)15-13/h3,11,13H,1,4-10H2,2H3. The van der Waals surface area contributed by atoms with E-state index in [1.165, 1.54) is 0 Å². The maximum Gasteiger partial charge on any atom is 0.161 e. The second-order valence-electron chi connectivity index (χ2n) is 4.37.